The molecule has 1 atom stereocenters. The summed E-state index contributed by atoms with van der Waals surface area (Å²) < 4.78 is 13.4. The molecule has 1 aromatic carbocycles. The minimum absolute atomic E-state index is 0.0292. The van der Waals surface area contributed by atoms with E-state index in [9.17, 15) is 14.4 Å². The molecule has 0 bridgehead atoms. The Morgan fingerprint density at radius 3 is 2.41 bits per heavy atom. The van der Waals surface area contributed by atoms with Crippen LogP contribution in [0.3, 0.4) is 0 Å². The van der Waals surface area contributed by atoms with E-state index in [0.29, 0.717) is 37.7 Å². The van der Waals surface area contributed by atoms with Crippen molar-refractivity contribution < 1.29 is 19.1 Å². The first-order valence-electron chi connectivity index (χ1n) is 12.1. The quantitative estimate of drug-likeness (QED) is 0.705. The standard InChI is InChI=1S/C26H33N3O5/c1-18(2)14-28-15-20(24(30)21(16-28)26(32)29-11-7-3-4-8-12-29)25(31)27-13-19-17-33-22-9-5-6-10-23(22)34-19/h5-6,9-10,15-16,18-19H,3-4,7-8,11-14,17H2,1-2H3,(H,27,31)/t19-/m0/s1. The minimum atomic E-state index is -0.530. The zero-order valence-corrected chi connectivity index (χ0v) is 19.9. The number of nitrogens with one attached hydrogen (secondary N) is 1. The van der Waals surface area contributed by atoms with Gasteiger partial charge in [0.15, 0.2) is 11.5 Å². The number of carbonyl (C=O) groups is 2. The Bertz CT molecular complexity index is 1090. The molecule has 0 spiro atoms. The molecule has 2 aliphatic rings. The van der Waals surface area contributed by atoms with Crippen molar-refractivity contribution in [2.45, 2.75) is 52.2 Å². The monoisotopic (exact) mass is 467 g/mol. The Morgan fingerprint density at radius 1 is 1.03 bits per heavy atom. The van der Waals surface area contributed by atoms with Crippen molar-refractivity contribution in [3.8, 4) is 11.5 Å². The number of hydrogen-bond acceptors (Lipinski definition) is 5. The summed E-state index contributed by atoms with van der Waals surface area (Å²) >= 11 is 0. The molecule has 0 aliphatic carbocycles. The second-order valence-electron chi connectivity index (χ2n) is 9.42. The van der Waals surface area contributed by atoms with Crippen molar-refractivity contribution in [3.63, 3.8) is 0 Å². The van der Waals surface area contributed by atoms with Gasteiger partial charge in [0.25, 0.3) is 11.8 Å². The van der Waals surface area contributed by atoms with Crippen molar-refractivity contribution in [2.75, 3.05) is 26.2 Å². The number of nitrogens with zero attached hydrogens (tertiary/aromatic N) is 2. The van der Waals surface area contributed by atoms with E-state index in [2.05, 4.69) is 5.32 Å². The number of para-hydroxylation sites is 2. The smallest absolute Gasteiger partial charge is 0.259 e. The van der Waals surface area contributed by atoms with Crippen molar-refractivity contribution in [1.82, 2.24) is 14.8 Å². The molecule has 0 unspecified atom stereocenters. The van der Waals surface area contributed by atoms with Gasteiger partial charge in [-0.25, -0.2) is 0 Å². The molecule has 2 aromatic rings. The second kappa shape index (κ2) is 10.8. The number of likely N-dealkylation sites (tertiary alicyclic amines) is 1. The van der Waals surface area contributed by atoms with Crippen LogP contribution in [0.1, 0.15) is 60.2 Å². The SMILES string of the molecule is CC(C)Cn1cc(C(=O)NC[C@H]2COc3ccccc3O2)c(=O)c(C(=O)N2CCCCCC2)c1. The topological polar surface area (TPSA) is 89.9 Å². The lowest BCUT2D eigenvalue weighted by molar-refractivity contribution is 0.0759. The third-order valence-corrected chi connectivity index (χ3v) is 6.08. The maximum atomic E-state index is 13.3. The summed E-state index contributed by atoms with van der Waals surface area (Å²) in [5.74, 6) is 0.765. The normalized spacial score (nSPS) is 17.9. The number of hydrogen-bond donors (Lipinski definition) is 1. The van der Waals surface area contributed by atoms with E-state index in [0.717, 1.165) is 25.7 Å². The maximum absolute atomic E-state index is 13.3. The molecular weight excluding hydrogens is 434 g/mol. The van der Waals surface area contributed by atoms with Crippen LogP contribution in [0.2, 0.25) is 0 Å². The van der Waals surface area contributed by atoms with E-state index in [1.54, 1.807) is 21.9 Å². The Balaban J connectivity index is 1.52. The van der Waals surface area contributed by atoms with Crippen molar-refractivity contribution in [1.29, 1.82) is 0 Å². The first-order chi connectivity index (χ1) is 16.4. The highest BCUT2D eigenvalue weighted by atomic mass is 16.6. The van der Waals surface area contributed by atoms with Crippen molar-refractivity contribution in [3.05, 3.63) is 58.0 Å². The average Bonchev–Trinajstić information content (AvgIpc) is 3.12. The van der Waals surface area contributed by atoms with Gasteiger partial charge < -0.3 is 24.3 Å². The maximum Gasteiger partial charge on any atom is 0.259 e. The number of amides is 2. The Morgan fingerprint density at radius 2 is 1.71 bits per heavy atom. The average molecular weight is 468 g/mol. The van der Waals surface area contributed by atoms with Gasteiger partial charge in [-0.3, -0.25) is 14.4 Å². The third kappa shape index (κ3) is 5.61. The predicted octanol–water partition coefficient (Wildman–Crippen LogP) is 3.09. The highest BCUT2D eigenvalue weighted by molar-refractivity contribution is 5.99. The first kappa shape index (κ1) is 23.9. The lowest BCUT2D eigenvalue weighted by Gasteiger charge is -2.26. The fourth-order valence-electron chi connectivity index (χ4n) is 4.38. The Labute approximate surface area is 199 Å². The van der Waals surface area contributed by atoms with E-state index in [1.807, 2.05) is 38.1 Å². The zero-order valence-electron chi connectivity index (χ0n) is 19.9. The van der Waals surface area contributed by atoms with Gasteiger partial charge in [0.2, 0.25) is 5.43 Å². The summed E-state index contributed by atoms with van der Waals surface area (Å²) in [4.78, 5) is 41.3. The molecule has 4 rings (SSSR count). The predicted molar refractivity (Wildman–Crippen MR) is 129 cm³/mol. The van der Waals surface area contributed by atoms with Crippen LogP contribution in [0.15, 0.2) is 41.5 Å². The summed E-state index contributed by atoms with van der Waals surface area (Å²) in [6, 6.07) is 7.36. The van der Waals surface area contributed by atoms with Gasteiger partial charge in [0.1, 0.15) is 23.8 Å². The number of benzene rings is 1. The summed E-state index contributed by atoms with van der Waals surface area (Å²) in [6.45, 7) is 6.44. The molecule has 0 saturated carbocycles. The summed E-state index contributed by atoms with van der Waals surface area (Å²) in [6.07, 6.45) is 6.80. The fraction of sp³-hybridized carbons (Fsp3) is 0.500. The van der Waals surface area contributed by atoms with E-state index in [4.69, 9.17) is 9.47 Å². The van der Waals surface area contributed by atoms with E-state index in [-0.39, 0.29) is 35.6 Å². The van der Waals surface area contributed by atoms with E-state index >= 15 is 0 Å². The third-order valence-electron chi connectivity index (χ3n) is 6.08. The van der Waals surface area contributed by atoms with Gasteiger partial charge in [-0.15, -0.1) is 0 Å². The lowest BCUT2D eigenvalue weighted by Crippen LogP contribution is -2.43. The molecule has 34 heavy (non-hydrogen) atoms. The second-order valence-corrected chi connectivity index (χ2v) is 9.42. The summed E-state index contributed by atoms with van der Waals surface area (Å²) in [7, 11) is 0. The molecule has 8 heteroatoms. The van der Waals surface area contributed by atoms with Crippen LogP contribution in [0.4, 0.5) is 0 Å². The number of rotatable bonds is 6. The fourth-order valence-corrected chi connectivity index (χ4v) is 4.38. The zero-order chi connectivity index (χ0) is 24.1. The van der Waals surface area contributed by atoms with E-state index in [1.165, 1.54) is 0 Å². The lowest BCUT2D eigenvalue weighted by atomic mass is 10.1. The number of carbonyl (C=O) groups excluding carboxylic acids is 2. The first-order valence-corrected chi connectivity index (χ1v) is 12.1. The van der Waals surface area contributed by atoms with Crippen LogP contribution in [-0.2, 0) is 6.54 Å². The van der Waals surface area contributed by atoms with Gasteiger partial charge in [0.05, 0.1) is 6.54 Å². The van der Waals surface area contributed by atoms with Crippen LogP contribution in [0.5, 0.6) is 11.5 Å². The van der Waals surface area contributed by atoms with Crippen molar-refractivity contribution in [2.24, 2.45) is 5.92 Å². The molecular formula is C26H33N3O5. The number of pyridine rings is 1. The molecule has 1 aromatic heterocycles. The number of fused-ring (bicyclic) bond motifs is 1. The summed E-state index contributed by atoms with van der Waals surface area (Å²) in [5.41, 5.74) is -0.502. The molecule has 3 heterocycles. The molecule has 2 amide bonds. The summed E-state index contributed by atoms with van der Waals surface area (Å²) in [5, 5.41) is 2.79. The molecule has 182 valence electrons. The van der Waals surface area contributed by atoms with Crippen LogP contribution in [0.25, 0.3) is 0 Å². The van der Waals surface area contributed by atoms with E-state index < -0.39 is 11.3 Å². The van der Waals surface area contributed by atoms with Gasteiger partial charge in [-0.05, 0) is 30.9 Å². The van der Waals surface area contributed by atoms with Crippen LogP contribution in [-0.4, -0.2) is 53.6 Å². The van der Waals surface area contributed by atoms with Gasteiger partial charge in [-0.2, -0.15) is 0 Å². The molecule has 1 saturated heterocycles. The number of aromatic nitrogens is 1. The van der Waals surface area contributed by atoms with Crippen molar-refractivity contribution >= 4 is 11.8 Å². The molecule has 8 nitrogen and oxygen atoms in total. The van der Waals surface area contributed by atoms with Gasteiger partial charge in [0, 0.05) is 32.0 Å². The minimum Gasteiger partial charge on any atom is -0.486 e. The van der Waals surface area contributed by atoms with Gasteiger partial charge in [-0.1, -0.05) is 38.8 Å². The Kier molecular flexibility index (Phi) is 7.55. The number of ether oxygens (including phenoxy) is 2. The van der Waals surface area contributed by atoms with Crippen LogP contribution < -0.4 is 20.2 Å². The Hall–Kier alpha value is -3.29. The molecule has 1 N–H and O–H groups in total. The highest BCUT2D eigenvalue weighted by Gasteiger charge is 2.26. The molecule has 1 fully saturated rings. The molecule has 0 radical (unpaired) electrons. The van der Waals surface area contributed by atoms with Crippen LogP contribution >= 0.6 is 0 Å². The van der Waals surface area contributed by atoms with Crippen LogP contribution in [0, 0.1) is 5.92 Å². The highest BCUT2D eigenvalue weighted by Crippen LogP contribution is 2.30. The largest absolute Gasteiger partial charge is 0.486 e. The molecule has 2 aliphatic heterocycles. The van der Waals surface area contributed by atoms with Gasteiger partial charge >= 0.3 is 0 Å².